The highest BCUT2D eigenvalue weighted by Crippen LogP contribution is 2.41. The van der Waals surface area contributed by atoms with Crippen LogP contribution in [-0.2, 0) is 4.79 Å². The maximum Gasteiger partial charge on any atom is 0.248 e. The van der Waals surface area contributed by atoms with Crippen LogP contribution in [0.3, 0.4) is 0 Å². The molecule has 0 aliphatic rings. The average Bonchev–Trinajstić information content (AvgIpc) is 3.26. The predicted molar refractivity (Wildman–Crippen MR) is 135 cm³/mol. The van der Waals surface area contributed by atoms with Gasteiger partial charge in [-0.2, -0.15) is 0 Å². The summed E-state index contributed by atoms with van der Waals surface area (Å²) in [7, 11) is 4.82. The molecule has 4 rings (SSSR count). The molecule has 0 fully saturated rings. The fraction of sp³-hybridized carbons (Fsp3) is 0.148. The second kappa shape index (κ2) is 9.93. The number of carbonyl (C=O) groups is 1. The number of ether oxygens (including phenoxy) is 3. The van der Waals surface area contributed by atoms with Crippen molar-refractivity contribution in [3.8, 4) is 28.4 Å². The summed E-state index contributed by atoms with van der Waals surface area (Å²) in [6.07, 6.45) is 3.21. The number of benzene rings is 3. The zero-order chi connectivity index (χ0) is 24.2. The number of nitrogens with one attached hydrogen (secondary N) is 1. The summed E-state index contributed by atoms with van der Waals surface area (Å²) >= 11 is 5.92. The number of hydrogen-bond donors (Lipinski definition) is 1. The molecule has 174 valence electrons. The van der Waals surface area contributed by atoms with E-state index in [2.05, 4.69) is 5.32 Å². The van der Waals surface area contributed by atoms with Crippen molar-refractivity contribution < 1.29 is 23.4 Å². The molecule has 0 aliphatic heterocycles. The largest absolute Gasteiger partial charge is 0.497 e. The van der Waals surface area contributed by atoms with Gasteiger partial charge in [-0.25, -0.2) is 0 Å². The fourth-order valence-electron chi connectivity index (χ4n) is 3.75. The monoisotopic (exact) mass is 477 g/mol. The first kappa shape index (κ1) is 23.3. The van der Waals surface area contributed by atoms with Crippen LogP contribution in [0.2, 0.25) is 5.02 Å². The molecule has 1 heterocycles. The SMILES string of the molecule is COc1ccc(OC)c(-c2coc3cc(OC)c(/C(C)=C/C(=O)Nc4ccc(Cl)cc4)cc23)c1. The fourth-order valence-corrected chi connectivity index (χ4v) is 3.88. The van der Waals surface area contributed by atoms with E-state index in [0.717, 1.165) is 27.6 Å². The molecule has 0 saturated carbocycles. The lowest BCUT2D eigenvalue weighted by Gasteiger charge is -2.12. The van der Waals surface area contributed by atoms with E-state index in [0.29, 0.717) is 33.5 Å². The minimum atomic E-state index is -0.260. The molecule has 0 radical (unpaired) electrons. The highest BCUT2D eigenvalue weighted by molar-refractivity contribution is 6.30. The van der Waals surface area contributed by atoms with Gasteiger partial charge in [0.25, 0.3) is 0 Å². The van der Waals surface area contributed by atoms with Gasteiger partial charge in [-0.15, -0.1) is 0 Å². The Balaban J connectivity index is 1.75. The minimum Gasteiger partial charge on any atom is -0.497 e. The van der Waals surface area contributed by atoms with Gasteiger partial charge in [-0.3, -0.25) is 4.79 Å². The average molecular weight is 478 g/mol. The van der Waals surface area contributed by atoms with E-state index in [1.54, 1.807) is 51.9 Å². The molecule has 1 N–H and O–H groups in total. The Morgan fingerprint density at radius 3 is 2.32 bits per heavy atom. The predicted octanol–water partition coefficient (Wildman–Crippen LogP) is 6.82. The van der Waals surface area contributed by atoms with E-state index < -0.39 is 0 Å². The smallest absolute Gasteiger partial charge is 0.248 e. The van der Waals surface area contributed by atoms with Crippen molar-refractivity contribution in [3.05, 3.63) is 77.5 Å². The Kier molecular flexibility index (Phi) is 6.80. The van der Waals surface area contributed by atoms with E-state index in [4.69, 9.17) is 30.2 Å². The van der Waals surface area contributed by atoms with Crippen LogP contribution in [0.4, 0.5) is 5.69 Å². The molecule has 6 nitrogen and oxygen atoms in total. The van der Waals surface area contributed by atoms with Gasteiger partial charge in [0.15, 0.2) is 0 Å². The summed E-state index contributed by atoms with van der Waals surface area (Å²) in [6.45, 7) is 1.86. The molecule has 0 spiro atoms. The van der Waals surface area contributed by atoms with Crippen LogP contribution >= 0.6 is 11.6 Å². The zero-order valence-corrected chi connectivity index (χ0v) is 20.0. The molecule has 0 atom stereocenters. The number of anilines is 1. The van der Waals surface area contributed by atoms with Gasteiger partial charge in [0, 0.05) is 44.9 Å². The number of rotatable bonds is 7. The molecule has 0 saturated heterocycles. The van der Waals surface area contributed by atoms with E-state index in [1.165, 1.54) is 6.08 Å². The lowest BCUT2D eigenvalue weighted by molar-refractivity contribution is -0.111. The maximum atomic E-state index is 12.6. The summed E-state index contributed by atoms with van der Waals surface area (Å²) in [5, 5.41) is 4.30. The summed E-state index contributed by atoms with van der Waals surface area (Å²) in [5.41, 5.74) is 4.48. The third kappa shape index (κ3) is 4.72. The van der Waals surface area contributed by atoms with Gasteiger partial charge in [-0.1, -0.05) is 11.6 Å². The van der Waals surface area contributed by atoms with Crippen LogP contribution in [0.1, 0.15) is 12.5 Å². The third-order valence-electron chi connectivity index (χ3n) is 5.48. The molecule has 7 heteroatoms. The molecule has 1 aromatic heterocycles. The van der Waals surface area contributed by atoms with Gasteiger partial charge in [0.2, 0.25) is 5.91 Å². The first-order chi connectivity index (χ1) is 16.4. The van der Waals surface area contributed by atoms with E-state index in [1.807, 2.05) is 37.3 Å². The van der Waals surface area contributed by atoms with Crippen molar-refractivity contribution in [2.75, 3.05) is 26.6 Å². The van der Waals surface area contributed by atoms with E-state index >= 15 is 0 Å². The molecule has 1 amide bonds. The van der Waals surface area contributed by atoms with Gasteiger partial charge < -0.3 is 23.9 Å². The summed E-state index contributed by atoms with van der Waals surface area (Å²) in [6, 6.07) is 16.3. The lowest BCUT2D eigenvalue weighted by atomic mass is 9.98. The summed E-state index contributed by atoms with van der Waals surface area (Å²) in [4.78, 5) is 12.6. The molecule has 34 heavy (non-hydrogen) atoms. The Morgan fingerprint density at radius 2 is 1.65 bits per heavy atom. The highest BCUT2D eigenvalue weighted by Gasteiger charge is 2.18. The van der Waals surface area contributed by atoms with Crippen molar-refractivity contribution in [1.82, 2.24) is 0 Å². The van der Waals surface area contributed by atoms with Crippen LogP contribution in [-0.4, -0.2) is 27.2 Å². The standard InChI is InChI=1S/C27H24ClNO5/c1-16(11-27(30)29-18-7-5-17(28)6-8-18)20-13-22-23(15-34-26(22)14-25(20)33-4)21-12-19(31-2)9-10-24(21)32-3/h5-15H,1-4H3,(H,29,30)/b16-11+. The maximum absolute atomic E-state index is 12.6. The van der Waals surface area contributed by atoms with Gasteiger partial charge >= 0.3 is 0 Å². The second-order valence-corrected chi connectivity index (χ2v) is 8.02. The van der Waals surface area contributed by atoms with Gasteiger partial charge in [0.1, 0.15) is 22.8 Å². The molecular formula is C27H24ClNO5. The number of amides is 1. The van der Waals surface area contributed by atoms with Crippen molar-refractivity contribution in [2.24, 2.45) is 0 Å². The normalized spacial score (nSPS) is 11.4. The van der Waals surface area contributed by atoms with Crippen LogP contribution in [0.25, 0.3) is 27.7 Å². The van der Waals surface area contributed by atoms with Crippen molar-refractivity contribution in [3.63, 3.8) is 0 Å². The van der Waals surface area contributed by atoms with Crippen LogP contribution in [0, 0.1) is 0 Å². The Hall–Kier alpha value is -3.90. The number of methoxy groups -OCH3 is 3. The molecular weight excluding hydrogens is 454 g/mol. The van der Waals surface area contributed by atoms with Crippen molar-refractivity contribution in [1.29, 1.82) is 0 Å². The van der Waals surface area contributed by atoms with Crippen LogP contribution < -0.4 is 19.5 Å². The van der Waals surface area contributed by atoms with Gasteiger partial charge in [-0.05, 0) is 61.0 Å². The number of hydrogen-bond acceptors (Lipinski definition) is 5. The molecule has 0 aliphatic carbocycles. The number of fused-ring (bicyclic) bond motifs is 1. The molecule has 4 aromatic rings. The highest BCUT2D eigenvalue weighted by atomic mass is 35.5. The first-order valence-electron chi connectivity index (χ1n) is 10.5. The quantitative estimate of drug-likeness (QED) is 0.296. The van der Waals surface area contributed by atoms with E-state index in [9.17, 15) is 4.79 Å². The summed E-state index contributed by atoms with van der Waals surface area (Å²) in [5.74, 6) is 1.73. The summed E-state index contributed by atoms with van der Waals surface area (Å²) < 4.78 is 22.4. The molecule has 0 bridgehead atoms. The third-order valence-corrected chi connectivity index (χ3v) is 5.73. The lowest BCUT2D eigenvalue weighted by Crippen LogP contribution is -2.08. The van der Waals surface area contributed by atoms with Crippen molar-refractivity contribution in [2.45, 2.75) is 6.92 Å². The Labute approximate surface area is 202 Å². The zero-order valence-electron chi connectivity index (χ0n) is 19.3. The number of halogens is 1. The van der Waals surface area contributed by atoms with Crippen molar-refractivity contribution >= 4 is 39.7 Å². The van der Waals surface area contributed by atoms with Crippen LogP contribution in [0.5, 0.6) is 17.2 Å². The molecule has 3 aromatic carbocycles. The second-order valence-electron chi connectivity index (χ2n) is 7.59. The topological polar surface area (TPSA) is 69.9 Å². The molecule has 0 unspecified atom stereocenters. The minimum absolute atomic E-state index is 0.260. The van der Waals surface area contributed by atoms with Crippen LogP contribution in [0.15, 0.2) is 71.4 Å². The Bertz CT molecular complexity index is 1370. The number of carbonyl (C=O) groups excluding carboxylic acids is 1. The first-order valence-corrected chi connectivity index (χ1v) is 10.9. The Morgan fingerprint density at radius 1 is 0.912 bits per heavy atom. The number of furan rings is 1. The van der Waals surface area contributed by atoms with Gasteiger partial charge in [0.05, 0.1) is 27.6 Å². The van der Waals surface area contributed by atoms with E-state index in [-0.39, 0.29) is 5.91 Å². The number of allylic oxidation sites excluding steroid dienone is 1.